The molecule has 1 heteroatoms. The zero-order chi connectivity index (χ0) is 34.0. The average Bonchev–Trinajstić information content (AvgIpc) is 3.55. The number of nitrogens with zero attached hydrogens (tertiary/aromatic N) is 1. The van der Waals surface area contributed by atoms with Crippen LogP contribution < -0.4 is 0 Å². The van der Waals surface area contributed by atoms with Crippen molar-refractivity contribution in [2.75, 3.05) is 0 Å². The SMILES string of the molecule is c1ccc(-c2ccc(C(Cc3ccc(-c4ccc(-c5ccc6c7ccccc7n(-c7ccccc7)c6c5)cc4)cc3)c3ccccc3)cc2)cc1. The minimum absolute atomic E-state index is 0.277. The standard InChI is InChI=1S/C50H37N/c1-4-12-37(13-5-1)39-28-30-43(31-29-39)48(42-14-6-2-7-15-42)34-36-20-22-38(23-21-36)40-24-26-41(27-25-40)44-32-33-47-46-18-10-11-19-49(46)51(50(47)35-44)45-16-8-3-9-17-45/h1-33,35,48H,34H2. The van der Waals surface area contributed by atoms with Gasteiger partial charge in [-0.1, -0.05) is 182 Å². The second-order valence-corrected chi connectivity index (χ2v) is 13.3. The van der Waals surface area contributed by atoms with E-state index < -0.39 is 0 Å². The molecule has 0 bridgehead atoms. The van der Waals surface area contributed by atoms with Gasteiger partial charge < -0.3 is 4.57 Å². The van der Waals surface area contributed by atoms with Crippen LogP contribution in [0.5, 0.6) is 0 Å². The molecule has 0 aliphatic heterocycles. The van der Waals surface area contributed by atoms with Crippen LogP contribution in [0.25, 0.3) is 60.9 Å². The van der Waals surface area contributed by atoms with E-state index in [-0.39, 0.29) is 5.92 Å². The van der Waals surface area contributed by atoms with Crippen LogP contribution in [0.4, 0.5) is 0 Å². The molecule has 51 heavy (non-hydrogen) atoms. The van der Waals surface area contributed by atoms with Crippen molar-refractivity contribution < 1.29 is 0 Å². The van der Waals surface area contributed by atoms with Gasteiger partial charge in [-0.15, -0.1) is 0 Å². The Morgan fingerprint density at radius 3 is 1.45 bits per heavy atom. The van der Waals surface area contributed by atoms with Crippen LogP contribution >= 0.6 is 0 Å². The summed E-state index contributed by atoms with van der Waals surface area (Å²) in [5.41, 5.74) is 15.0. The Kier molecular flexibility index (Phi) is 8.08. The van der Waals surface area contributed by atoms with Gasteiger partial charge in [-0.3, -0.25) is 0 Å². The predicted octanol–water partition coefficient (Wildman–Crippen LogP) is 13.2. The second kappa shape index (κ2) is 13.5. The van der Waals surface area contributed by atoms with Crippen molar-refractivity contribution in [3.8, 4) is 39.1 Å². The molecule has 1 atom stereocenters. The lowest BCUT2D eigenvalue weighted by Crippen LogP contribution is -2.05. The molecule has 9 aromatic rings. The smallest absolute Gasteiger partial charge is 0.0547 e. The third kappa shape index (κ3) is 6.05. The van der Waals surface area contributed by atoms with Crippen LogP contribution in [0.2, 0.25) is 0 Å². The van der Waals surface area contributed by atoms with E-state index in [9.17, 15) is 0 Å². The van der Waals surface area contributed by atoms with Crippen molar-refractivity contribution in [3.05, 3.63) is 223 Å². The molecule has 0 spiro atoms. The summed E-state index contributed by atoms with van der Waals surface area (Å²) in [6.45, 7) is 0. The van der Waals surface area contributed by atoms with E-state index in [0.29, 0.717) is 0 Å². The monoisotopic (exact) mass is 651 g/mol. The Morgan fingerprint density at radius 1 is 0.333 bits per heavy atom. The molecule has 9 rings (SSSR count). The van der Waals surface area contributed by atoms with Crippen molar-refractivity contribution in [2.45, 2.75) is 12.3 Å². The van der Waals surface area contributed by atoms with Gasteiger partial charge in [0.15, 0.2) is 0 Å². The quantitative estimate of drug-likeness (QED) is 0.154. The Morgan fingerprint density at radius 2 is 0.784 bits per heavy atom. The van der Waals surface area contributed by atoms with E-state index >= 15 is 0 Å². The van der Waals surface area contributed by atoms with Gasteiger partial charge in [0.2, 0.25) is 0 Å². The summed E-state index contributed by atoms with van der Waals surface area (Å²) in [6.07, 6.45) is 0.941. The van der Waals surface area contributed by atoms with Gasteiger partial charge in [0, 0.05) is 22.4 Å². The number of fused-ring (bicyclic) bond motifs is 3. The van der Waals surface area contributed by atoms with Crippen LogP contribution in [-0.4, -0.2) is 4.57 Å². The molecule has 0 aliphatic rings. The summed E-state index contributed by atoms with van der Waals surface area (Å²) in [6, 6.07) is 75.0. The van der Waals surface area contributed by atoms with E-state index in [2.05, 4.69) is 211 Å². The van der Waals surface area contributed by atoms with E-state index in [1.165, 1.54) is 77.6 Å². The molecule has 0 N–H and O–H groups in total. The molecule has 0 aliphatic carbocycles. The molecule has 0 fully saturated rings. The molecular formula is C50H37N. The number of aromatic nitrogens is 1. The van der Waals surface area contributed by atoms with E-state index in [0.717, 1.165) is 6.42 Å². The molecule has 242 valence electrons. The maximum atomic E-state index is 2.38. The molecule has 1 aromatic heterocycles. The zero-order valence-corrected chi connectivity index (χ0v) is 28.4. The first-order chi connectivity index (χ1) is 25.3. The Bertz CT molecular complexity index is 2550. The fourth-order valence-corrected chi connectivity index (χ4v) is 7.58. The van der Waals surface area contributed by atoms with Gasteiger partial charge in [0.1, 0.15) is 0 Å². The van der Waals surface area contributed by atoms with Crippen LogP contribution in [0, 0.1) is 0 Å². The molecule has 1 nitrogen and oxygen atoms in total. The summed E-state index contributed by atoms with van der Waals surface area (Å²) in [5.74, 6) is 0.277. The fraction of sp³-hybridized carbons (Fsp3) is 0.0400. The lowest BCUT2D eigenvalue weighted by molar-refractivity contribution is 0.805. The highest BCUT2D eigenvalue weighted by atomic mass is 15.0. The first kappa shape index (κ1) is 30.6. The summed E-state index contributed by atoms with van der Waals surface area (Å²) < 4.78 is 2.38. The summed E-state index contributed by atoms with van der Waals surface area (Å²) in [7, 11) is 0. The Labute approximate surface area is 299 Å². The van der Waals surface area contributed by atoms with Crippen molar-refractivity contribution in [2.24, 2.45) is 0 Å². The average molecular weight is 652 g/mol. The molecule has 8 aromatic carbocycles. The highest BCUT2D eigenvalue weighted by Gasteiger charge is 2.16. The summed E-state index contributed by atoms with van der Waals surface area (Å²) >= 11 is 0. The molecule has 0 radical (unpaired) electrons. The van der Waals surface area contributed by atoms with Crippen molar-refractivity contribution in [1.29, 1.82) is 0 Å². The maximum absolute atomic E-state index is 2.38. The van der Waals surface area contributed by atoms with E-state index in [4.69, 9.17) is 0 Å². The maximum Gasteiger partial charge on any atom is 0.0547 e. The number of hydrogen-bond donors (Lipinski definition) is 0. The van der Waals surface area contributed by atoms with Gasteiger partial charge in [0.25, 0.3) is 0 Å². The molecule has 0 amide bonds. The zero-order valence-electron chi connectivity index (χ0n) is 28.4. The van der Waals surface area contributed by atoms with Gasteiger partial charge in [-0.25, -0.2) is 0 Å². The fourth-order valence-electron chi connectivity index (χ4n) is 7.58. The van der Waals surface area contributed by atoms with Crippen LogP contribution in [0.3, 0.4) is 0 Å². The number of para-hydroxylation sites is 2. The molecule has 1 heterocycles. The third-order valence-electron chi connectivity index (χ3n) is 10.3. The topological polar surface area (TPSA) is 4.93 Å². The number of hydrogen-bond acceptors (Lipinski definition) is 0. The Hall–Kier alpha value is -6.44. The van der Waals surface area contributed by atoms with Gasteiger partial charge in [0.05, 0.1) is 11.0 Å². The summed E-state index contributed by atoms with van der Waals surface area (Å²) in [5, 5.41) is 2.55. The first-order valence-corrected chi connectivity index (χ1v) is 17.8. The van der Waals surface area contributed by atoms with Crippen LogP contribution in [0.1, 0.15) is 22.6 Å². The van der Waals surface area contributed by atoms with Gasteiger partial charge in [-0.05, 0) is 80.8 Å². The molecule has 1 unspecified atom stereocenters. The van der Waals surface area contributed by atoms with Crippen molar-refractivity contribution in [3.63, 3.8) is 0 Å². The van der Waals surface area contributed by atoms with Gasteiger partial charge in [-0.2, -0.15) is 0 Å². The van der Waals surface area contributed by atoms with Gasteiger partial charge >= 0.3 is 0 Å². The van der Waals surface area contributed by atoms with E-state index in [1.807, 2.05) is 0 Å². The molecule has 0 saturated carbocycles. The number of rotatable bonds is 8. The first-order valence-electron chi connectivity index (χ1n) is 17.8. The predicted molar refractivity (Wildman–Crippen MR) is 216 cm³/mol. The van der Waals surface area contributed by atoms with E-state index in [1.54, 1.807) is 0 Å². The normalized spacial score (nSPS) is 11.9. The summed E-state index contributed by atoms with van der Waals surface area (Å²) in [4.78, 5) is 0. The molecule has 0 saturated heterocycles. The molecular weight excluding hydrogens is 615 g/mol. The van der Waals surface area contributed by atoms with Crippen LogP contribution in [-0.2, 0) is 6.42 Å². The largest absolute Gasteiger partial charge is 0.309 e. The van der Waals surface area contributed by atoms with Crippen LogP contribution in [0.15, 0.2) is 206 Å². The lowest BCUT2D eigenvalue weighted by atomic mass is 9.85. The highest BCUT2D eigenvalue weighted by molar-refractivity contribution is 6.10. The minimum Gasteiger partial charge on any atom is -0.309 e. The number of benzene rings is 8. The van der Waals surface area contributed by atoms with Crippen molar-refractivity contribution in [1.82, 2.24) is 4.57 Å². The third-order valence-corrected chi connectivity index (χ3v) is 10.3. The van der Waals surface area contributed by atoms with Crippen molar-refractivity contribution >= 4 is 21.8 Å². The lowest BCUT2D eigenvalue weighted by Gasteiger charge is -2.19. The second-order valence-electron chi connectivity index (χ2n) is 13.3. The minimum atomic E-state index is 0.277. The Balaban J connectivity index is 0.977. The highest BCUT2D eigenvalue weighted by Crippen LogP contribution is 2.36.